The van der Waals surface area contributed by atoms with Gasteiger partial charge in [-0.05, 0) is 37.5 Å². The number of aryl methyl sites for hydroxylation is 2. The van der Waals surface area contributed by atoms with Crippen molar-refractivity contribution >= 4 is 17.5 Å². The summed E-state index contributed by atoms with van der Waals surface area (Å²) in [6.45, 7) is 0. The lowest BCUT2D eigenvalue weighted by molar-refractivity contribution is -0.120. The molecule has 0 bridgehead atoms. The molecular weight excluding hydrogens is 399 g/mol. The number of carbonyl (C=O) groups is 2. The molecule has 1 N–H and O–H groups in total. The van der Waals surface area contributed by atoms with E-state index in [9.17, 15) is 14.0 Å². The van der Waals surface area contributed by atoms with E-state index in [-0.39, 0.29) is 23.6 Å². The molecule has 31 heavy (non-hydrogen) atoms. The highest BCUT2D eigenvalue weighted by Crippen LogP contribution is 2.31. The Kier molecular flexibility index (Phi) is 4.72. The third-order valence-corrected chi connectivity index (χ3v) is 5.94. The zero-order valence-corrected chi connectivity index (χ0v) is 17.0. The van der Waals surface area contributed by atoms with Gasteiger partial charge in [0.05, 0.1) is 17.4 Å². The molecule has 0 spiro atoms. The van der Waals surface area contributed by atoms with Crippen molar-refractivity contribution in [2.75, 3.05) is 11.9 Å². The number of benzene rings is 1. The third-order valence-electron chi connectivity index (χ3n) is 5.94. The first-order valence-corrected chi connectivity index (χ1v) is 10.2. The lowest BCUT2D eigenvalue weighted by atomic mass is 10.0. The van der Waals surface area contributed by atoms with E-state index in [1.807, 2.05) is 6.07 Å². The van der Waals surface area contributed by atoms with Crippen LogP contribution in [0.25, 0.3) is 0 Å². The van der Waals surface area contributed by atoms with E-state index in [0.717, 1.165) is 11.4 Å². The number of pyridine rings is 1. The maximum atomic E-state index is 14.3. The van der Waals surface area contributed by atoms with Crippen molar-refractivity contribution in [1.29, 1.82) is 0 Å². The average Bonchev–Trinajstić information content (AvgIpc) is 3.34. The Bertz CT molecular complexity index is 1180. The van der Waals surface area contributed by atoms with Gasteiger partial charge in [0.2, 0.25) is 11.7 Å². The monoisotopic (exact) mass is 420 g/mol. The van der Waals surface area contributed by atoms with E-state index in [4.69, 9.17) is 0 Å². The van der Waals surface area contributed by atoms with Gasteiger partial charge in [-0.15, -0.1) is 5.10 Å². The maximum Gasteiger partial charge on any atom is 0.291 e. The number of hydrogen-bond acceptors (Lipinski definition) is 5. The Morgan fingerprint density at radius 1 is 1.16 bits per heavy atom. The minimum Gasteiger partial charge on any atom is -0.337 e. The molecule has 1 aromatic carbocycles. The van der Waals surface area contributed by atoms with Crippen molar-refractivity contribution in [2.24, 2.45) is 0 Å². The lowest BCUT2D eigenvalue weighted by Gasteiger charge is -2.21. The van der Waals surface area contributed by atoms with Gasteiger partial charge in [-0.2, -0.15) is 0 Å². The van der Waals surface area contributed by atoms with Gasteiger partial charge in [-0.1, -0.05) is 18.2 Å². The fraction of sp³-hybridized carbons (Fsp3) is 0.318. The molecule has 0 unspecified atom stereocenters. The maximum absolute atomic E-state index is 14.3. The molecule has 0 saturated heterocycles. The topological polar surface area (TPSA) is 93.0 Å². The van der Waals surface area contributed by atoms with Crippen LogP contribution in [0.2, 0.25) is 0 Å². The largest absolute Gasteiger partial charge is 0.337 e. The van der Waals surface area contributed by atoms with Gasteiger partial charge in [0.25, 0.3) is 5.91 Å². The van der Waals surface area contributed by atoms with Crippen molar-refractivity contribution in [3.8, 4) is 0 Å². The minimum atomic E-state index is -0.701. The molecule has 2 amide bonds. The second kappa shape index (κ2) is 7.57. The highest BCUT2D eigenvalue weighted by Gasteiger charge is 2.33. The molecule has 3 aromatic rings. The predicted octanol–water partition coefficient (Wildman–Crippen LogP) is 2.06. The van der Waals surface area contributed by atoms with E-state index in [1.165, 1.54) is 11.0 Å². The Hall–Kier alpha value is -3.62. The van der Waals surface area contributed by atoms with Crippen LogP contribution in [0, 0.1) is 5.82 Å². The van der Waals surface area contributed by atoms with Crippen LogP contribution in [0.15, 0.2) is 42.6 Å². The average molecular weight is 420 g/mol. The van der Waals surface area contributed by atoms with E-state index >= 15 is 0 Å². The van der Waals surface area contributed by atoms with E-state index in [2.05, 4.69) is 20.4 Å². The number of nitrogens with zero attached hydrogens (tertiary/aromatic N) is 5. The van der Waals surface area contributed by atoms with Crippen LogP contribution in [-0.2, 0) is 17.6 Å². The van der Waals surface area contributed by atoms with Crippen molar-refractivity contribution in [2.45, 2.75) is 37.8 Å². The number of amides is 2. The van der Waals surface area contributed by atoms with Gasteiger partial charge in [0, 0.05) is 25.2 Å². The Balaban J connectivity index is 1.35. The van der Waals surface area contributed by atoms with Crippen LogP contribution in [0.3, 0.4) is 0 Å². The molecule has 0 radical (unpaired) electrons. The van der Waals surface area contributed by atoms with E-state index in [1.54, 1.807) is 42.2 Å². The smallest absolute Gasteiger partial charge is 0.291 e. The van der Waals surface area contributed by atoms with Crippen LogP contribution in [0.4, 0.5) is 10.1 Å². The molecule has 9 heteroatoms. The molecule has 158 valence electrons. The highest BCUT2D eigenvalue weighted by atomic mass is 19.1. The first-order valence-electron chi connectivity index (χ1n) is 10.2. The summed E-state index contributed by atoms with van der Waals surface area (Å²) >= 11 is 0. The normalized spacial score (nSPS) is 20.2. The van der Waals surface area contributed by atoms with Crippen molar-refractivity contribution in [3.05, 3.63) is 71.3 Å². The van der Waals surface area contributed by atoms with Crippen molar-refractivity contribution < 1.29 is 14.0 Å². The number of likely N-dealkylation sites (N-methyl/N-ethyl adjacent to an activating group) is 1. The van der Waals surface area contributed by atoms with E-state index < -0.39 is 11.9 Å². The van der Waals surface area contributed by atoms with Crippen LogP contribution < -0.4 is 10.2 Å². The number of aromatic nitrogens is 4. The van der Waals surface area contributed by atoms with Crippen LogP contribution in [0.1, 0.15) is 46.6 Å². The van der Waals surface area contributed by atoms with Crippen molar-refractivity contribution in [1.82, 2.24) is 25.1 Å². The summed E-state index contributed by atoms with van der Waals surface area (Å²) in [5, 5.41) is 7.13. The summed E-state index contributed by atoms with van der Waals surface area (Å²) in [6, 6.07) is 9.19. The summed E-state index contributed by atoms with van der Waals surface area (Å²) in [7, 11) is 1.68. The predicted molar refractivity (Wildman–Crippen MR) is 110 cm³/mol. The molecule has 5 rings (SSSR count). The molecular formula is C22H21FN6O2. The SMILES string of the molecule is CN1C(=O)[C@@H](NC(=O)c2nc3n(n2)[C@H](c2ccccc2F)CC3)CCc2ncccc21. The first-order chi connectivity index (χ1) is 15.0. The quantitative estimate of drug-likeness (QED) is 0.700. The van der Waals surface area contributed by atoms with Gasteiger partial charge in [-0.3, -0.25) is 14.6 Å². The van der Waals surface area contributed by atoms with E-state index in [0.29, 0.717) is 37.1 Å². The van der Waals surface area contributed by atoms with Crippen molar-refractivity contribution in [3.63, 3.8) is 0 Å². The third kappa shape index (κ3) is 3.35. The summed E-state index contributed by atoms with van der Waals surface area (Å²) in [6.07, 6.45) is 3.98. The molecule has 2 atom stereocenters. The molecule has 0 aliphatic carbocycles. The number of anilines is 1. The molecule has 4 heterocycles. The Morgan fingerprint density at radius 3 is 2.84 bits per heavy atom. The molecule has 8 nitrogen and oxygen atoms in total. The molecule has 0 fully saturated rings. The zero-order chi connectivity index (χ0) is 21.5. The van der Waals surface area contributed by atoms with Gasteiger partial charge in [0.1, 0.15) is 17.7 Å². The summed E-state index contributed by atoms with van der Waals surface area (Å²) in [5.41, 5.74) is 2.10. The molecule has 2 aromatic heterocycles. The summed E-state index contributed by atoms with van der Waals surface area (Å²) in [5.74, 6) is -0.399. The van der Waals surface area contributed by atoms with Gasteiger partial charge < -0.3 is 10.2 Å². The Morgan fingerprint density at radius 2 is 2.00 bits per heavy atom. The Labute approximate surface area is 178 Å². The standard InChI is InChI=1S/C22H21FN6O2/c1-28-18-7-4-12-24-15(18)8-9-16(22(28)31)25-21(30)20-26-19-11-10-17(29(19)27-20)13-5-2-3-6-14(13)23/h2-7,12,16-17H,8-11H2,1H3,(H,25,30)/t16-,17-/m0/s1. The fourth-order valence-electron chi connectivity index (χ4n) is 4.33. The van der Waals surface area contributed by atoms with Crippen LogP contribution >= 0.6 is 0 Å². The lowest BCUT2D eigenvalue weighted by Crippen LogP contribution is -2.47. The number of halogens is 1. The first kappa shape index (κ1) is 19.3. The van der Waals surface area contributed by atoms with Gasteiger partial charge in [0.15, 0.2) is 0 Å². The van der Waals surface area contributed by atoms with Gasteiger partial charge in [-0.25, -0.2) is 14.1 Å². The second-order valence-corrected chi connectivity index (χ2v) is 7.80. The summed E-state index contributed by atoms with van der Waals surface area (Å²) in [4.78, 5) is 36.0. The van der Waals surface area contributed by atoms with Crippen LogP contribution in [-0.4, -0.2) is 44.7 Å². The van der Waals surface area contributed by atoms with Gasteiger partial charge >= 0.3 is 0 Å². The molecule has 2 aliphatic heterocycles. The van der Waals surface area contributed by atoms with Crippen LogP contribution in [0.5, 0.6) is 0 Å². The number of hydrogen-bond donors (Lipinski definition) is 1. The highest BCUT2D eigenvalue weighted by molar-refractivity contribution is 6.01. The number of fused-ring (bicyclic) bond motifs is 2. The molecule has 0 saturated carbocycles. The number of nitrogens with one attached hydrogen (secondary N) is 1. The second-order valence-electron chi connectivity index (χ2n) is 7.80. The summed E-state index contributed by atoms with van der Waals surface area (Å²) < 4.78 is 15.9. The molecule has 2 aliphatic rings. The minimum absolute atomic E-state index is 0.00798. The fourth-order valence-corrected chi connectivity index (χ4v) is 4.33. The zero-order valence-electron chi connectivity index (χ0n) is 17.0. The number of rotatable bonds is 3. The number of carbonyl (C=O) groups excluding carboxylic acids is 2.